The molecule has 2 bridgehead atoms. The molecule has 0 saturated carbocycles. The first-order valence-electron chi connectivity index (χ1n) is 11.8. The third-order valence-corrected chi connectivity index (χ3v) is 7.09. The van der Waals surface area contributed by atoms with Gasteiger partial charge in [-0.2, -0.15) is 0 Å². The maximum Gasteiger partial charge on any atom is 0.333 e. The van der Waals surface area contributed by atoms with Crippen molar-refractivity contribution in [2.75, 3.05) is 6.61 Å². The van der Waals surface area contributed by atoms with Gasteiger partial charge in [0.15, 0.2) is 6.71 Å². The van der Waals surface area contributed by atoms with Gasteiger partial charge in [0.05, 0.1) is 6.61 Å². The Balaban J connectivity index is 1.78. The molecule has 0 amide bonds. The number of ether oxygens (including phenoxy) is 1. The summed E-state index contributed by atoms with van der Waals surface area (Å²) in [7, 11) is 0. The van der Waals surface area contributed by atoms with Crippen LogP contribution < -0.4 is 0 Å². The number of carbonyl (C=O) groups excluding carboxylic acids is 1. The number of esters is 1. The Morgan fingerprint density at radius 2 is 1.47 bits per heavy atom. The Morgan fingerprint density at radius 1 is 0.900 bits per heavy atom. The first-order chi connectivity index (χ1) is 14.8. The lowest BCUT2D eigenvalue weighted by atomic mass is 9.23. The molecule has 0 radical (unpaired) electrons. The second kappa shape index (κ2) is 10.2. The molecule has 2 aromatic rings. The number of aryl methyl sites for hydroxylation is 1. The van der Waals surface area contributed by atoms with E-state index in [9.17, 15) is 4.79 Å². The normalized spacial score (nSPS) is 21.7. The van der Waals surface area contributed by atoms with Crippen molar-refractivity contribution in [2.24, 2.45) is 0 Å². The van der Waals surface area contributed by atoms with Gasteiger partial charge in [0.2, 0.25) is 0 Å². The molecule has 4 rings (SSSR count). The molecule has 2 aliphatic rings. The molecular formula is C27H33BO2. The van der Waals surface area contributed by atoms with Crippen molar-refractivity contribution < 1.29 is 9.53 Å². The predicted octanol–water partition coefficient (Wildman–Crippen LogP) is 6.78. The minimum atomic E-state index is -0.115. The summed E-state index contributed by atoms with van der Waals surface area (Å²) in [6, 6.07) is 21.2. The minimum Gasteiger partial charge on any atom is -0.463 e. The van der Waals surface area contributed by atoms with Crippen molar-refractivity contribution in [1.82, 2.24) is 0 Å². The first-order valence-corrected chi connectivity index (χ1v) is 11.8. The molecule has 156 valence electrons. The summed E-state index contributed by atoms with van der Waals surface area (Å²) >= 11 is 0. The van der Waals surface area contributed by atoms with E-state index in [1.54, 1.807) is 0 Å². The van der Waals surface area contributed by atoms with Crippen LogP contribution in [0.4, 0.5) is 0 Å². The van der Waals surface area contributed by atoms with Gasteiger partial charge in [0.1, 0.15) is 0 Å². The monoisotopic (exact) mass is 400 g/mol. The van der Waals surface area contributed by atoms with E-state index in [4.69, 9.17) is 4.74 Å². The van der Waals surface area contributed by atoms with Crippen molar-refractivity contribution >= 4 is 18.2 Å². The molecule has 0 unspecified atom stereocenters. The molecule has 0 spiro atoms. The van der Waals surface area contributed by atoms with Crippen LogP contribution >= 0.6 is 0 Å². The van der Waals surface area contributed by atoms with Crippen LogP contribution in [0.5, 0.6) is 0 Å². The molecule has 2 nitrogen and oxygen atoms in total. The van der Waals surface area contributed by atoms with E-state index >= 15 is 0 Å². The highest BCUT2D eigenvalue weighted by atomic mass is 16.5. The summed E-state index contributed by atoms with van der Waals surface area (Å²) in [6.07, 6.45) is 9.48. The van der Waals surface area contributed by atoms with Crippen LogP contribution in [0.15, 0.2) is 66.2 Å². The molecule has 2 heterocycles. The van der Waals surface area contributed by atoms with Gasteiger partial charge < -0.3 is 4.74 Å². The Morgan fingerprint density at radius 3 is 2.03 bits per heavy atom. The van der Waals surface area contributed by atoms with E-state index in [1.807, 2.05) is 13.0 Å². The molecule has 0 atom stereocenters. The van der Waals surface area contributed by atoms with Crippen LogP contribution in [-0.4, -0.2) is 19.3 Å². The highest BCUT2D eigenvalue weighted by Crippen LogP contribution is 2.51. The molecule has 0 N–H and O–H groups in total. The van der Waals surface area contributed by atoms with E-state index in [-0.39, 0.29) is 5.97 Å². The molecule has 0 aromatic heterocycles. The molecule has 3 heteroatoms. The van der Waals surface area contributed by atoms with Crippen molar-refractivity contribution in [3.63, 3.8) is 0 Å². The second-order valence-corrected chi connectivity index (χ2v) is 8.87. The number of hydrogen-bond donors (Lipinski definition) is 0. The lowest BCUT2D eigenvalue weighted by Crippen LogP contribution is -2.37. The van der Waals surface area contributed by atoms with Crippen molar-refractivity contribution in [2.45, 2.75) is 69.9 Å². The van der Waals surface area contributed by atoms with Crippen LogP contribution in [-0.2, 0) is 16.0 Å². The van der Waals surface area contributed by atoms with Gasteiger partial charge >= 0.3 is 5.97 Å². The zero-order chi connectivity index (χ0) is 20.8. The molecule has 2 fully saturated rings. The Labute approximate surface area is 181 Å². The molecule has 0 aliphatic carbocycles. The largest absolute Gasteiger partial charge is 0.463 e. The van der Waals surface area contributed by atoms with Gasteiger partial charge in [-0.05, 0) is 30.9 Å². The SMILES string of the molecule is CCOC(=O)/C(CCc1ccccc1)=C(\B1C2CCCC1CCC2)c1ccccc1. The van der Waals surface area contributed by atoms with E-state index in [0.29, 0.717) is 25.0 Å². The maximum absolute atomic E-state index is 13.3. The Bertz CT molecular complexity index is 837. The lowest BCUT2D eigenvalue weighted by Gasteiger charge is -2.42. The van der Waals surface area contributed by atoms with E-state index < -0.39 is 0 Å². The highest BCUT2D eigenvalue weighted by Gasteiger charge is 2.43. The number of fused-ring (bicyclic) bond motifs is 2. The minimum absolute atomic E-state index is 0.115. The lowest BCUT2D eigenvalue weighted by molar-refractivity contribution is -0.138. The molecular weight excluding hydrogens is 367 g/mol. The third kappa shape index (κ3) is 4.72. The smallest absolute Gasteiger partial charge is 0.333 e. The average Bonchev–Trinajstić information content (AvgIpc) is 2.77. The summed E-state index contributed by atoms with van der Waals surface area (Å²) in [5, 5.41) is 0. The van der Waals surface area contributed by atoms with Crippen LogP contribution in [0.2, 0.25) is 11.6 Å². The van der Waals surface area contributed by atoms with E-state index in [0.717, 1.165) is 18.4 Å². The van der Waals surface area contributed by atoms with Gasteiger partial charge in [-0.3, -0.25) is 0 Å². The van der Waals surface area contributed by atoms with Gasteiger partial charge in [-0.15, -0.1) is 0 Å². The van der Waals surface area contributed by atoms with Gasteiger partial charge in [-0.25, -0.2) is 4.79 Å². The fourth-order valence-electron chi connectivity index (χ4n) is 5.81. The van der Waals surface area contributed by atoms with Crippen molar-refractivity contribution in [1.29, 1.82) is 0 Å². The molecule has 2 aromatic carbocycles. The molecule has 2 saturated heterocycles. The van der Waals surface area contributed by atoms with Gasteiger partial charge in [0.25, 0.3) is 0 Å². The van der Waals surface area contributed by atoms with Crippen LogP contribution in [0.1, 0.15) is 63.0 Å². The van der Waals surface area contributed by atoms with Gasteiger partial charge in [-0.1, -0.05) is 116 Å². The standard InChI is InChI=1S/C27H33BO2/c1-2-30-27(29)25(20-19-21-11-5-3-6-12-21)26(22-13-7-4-8-14-22)28-23-15-9-16-24(28)18-10-17-23/h3-8,11-14,23-24H,2,9-10,15-20H2,1H3/b26-25-. The zero-order valence-electron chi connectivity index (χ0n) is 18.2. The fraction of sp³-hybridized carbons (Fsp3) is 0.444. The quantitative estimate of drug-likeness (QED) is 0.291. The zero-order valence-corrected chi connectivity index (χ0v) is 18.2. The summed E-state index contributed by atoms with van der Waals surface area (Å²) in [6.45, 7) is 2.82. The van der Waals surface area contributed by atoms with Crippen LogP contribution in [0.3, 0.4) is 0 Å². The fourth-order valence-corrected chi connectivity index (χ4v) is 5.81. The highest BCUT2D eigenvalue weighted by molar-refractivity contribution is 6.82. The summed E-state index contributed by atoms with van der Waals surface area (Å²) in [5.74, 6) is 1.29. The van der Waals surface area contributed by atoms with Crippen LogP contribution in [0, 0.1) is 0 Å². The van der Waals surface area contributed by atoms with E-state index in [1.165, 1.54) is 55.1 Å². The van der Waals surface area contributed by atoms with Crippen molar-refractivity contribution in [3.05, 3.63) is 77.4 Å². The number of hydrogen-bond acceptors (Lipinski definition) is 2. The van der Waals surface area contributed by atoms with Gasteiger partial charge in [0, 0.05) is 5.57 Å². The Kier molecular flexibility index (Phi) is 7.09. The molecule has 30 heavy (non-hydrogen) atoms. The summed E-state index contributed by atoms with van der Waals surface area (Å²) in [4.78, 5) is 13.3. The van der Waals surface area contributed by atoms with Crippen molar-refractivity contribution in [3.8, 4) is 0 Å². The number of rotatable bonds is 7. The average molecular weight is 400 g/mol. The van der Waals surface area contributed by atoms with E-state index in [2.05, 4.69) is 54.6 Å². The molecule has 2 aliphatic heterocycles. The second-order valence-electron chi connectivity index (χ2n) is 8.87. The van der Waals surface area contributed by atoms with Crippen LogP contribution in [0.25, 0.3) is 5.47 Å². The topological polar surface area (TPSA) is 26.3 Å². The Hall–Kier alpha value is -2.29. The maximum atomic E-state index is 13.3. The first kappa shape index (κ1) is 21.0. The number of carbonyl (C=O) groups is 1. The summed E-state index contributed by atoms with van der Waals surface area (Å²) < 4.78 is 5.61. The summed E-state index contributed by atoms with van der Waals surface area (Å²) in [5.41, 5.74) is 4.70. The third-order valence-electron chi connectivity index (χ3n) is 7.09. The predicted molar refractivity (Wildman–Crippen MR) is 126 cm³/mol. The number of benzene rings is 2.